The van der Waals surface area contributed by atoms with Crippen molar-refractivity contribution in [2.45, 2.75) is 76.7 Å². The molecule has 1 amide bonds. The Morgan fingerprint density at radius 1 is 1.13 bits per heavy atom. The number of nitrogens with zero attached hydrogens (tertiary/aromatic N) is 1. The topological polar surface area (TPSA) is 48.0 Å². The van der Waals surface area contributed by atoms with Crippen molar-refractivity contribution in [2.75, 3.05) is 26.4 Å². The van der Waals surface area contributed by atoms with Gasteiger partial charge in [-0.15, -0.1) is 0 Å². The lowest BCUT2D eigenvalue weighted by Crippen LogP contribution is -2.58. The zero-order valence-corrected chi connectivity index (χ0v) is 14.5. The van der Waals surface area contributed by atoms with Crippen LogP contribution in [0.3, 0.4) is 0 Å². The van der Waals surface area contributed by atoms with Gasteiger partial charge in [-0.3, -0.25) is 4.79 Å². The van der Waals surface area contributed by atoms with Crippen LogP contribution < -0.4 is 0 Å². The summed E-state index contributed by atoms with van der Waals surface area (Å²) in [5, 5.41) is 0. The van der Waals surface area contributed by atoms with Crippen LogP contribution in [0.15, 0.2) is 0 Å². The molecule has 132 valence electrons. The van der Waals surface area contributed by atoms with Crippen LogP contribution in [-0.2, 0) is 19.0 Å². The minimum atomic E-state index is -0.361. The summed E-state index contributed by atoms with van der Waals surface area (Å²) in [6, 6.07) is 0.248. The van der Waals surface area contributed by atoms with Gasteiger partial charge in [-0.25, -0.2) is 0 Å². The molecule has 2 heterocycles. The number of rotatable bonds is 5. The molecule has 1 aliphatic carbocycles. The van der Waals surface area contributed by atoms with E-state index in [1.807, 2.05) is 4.90 Å². The van der Waals surface area contributed by atoms with Crippen LogP contribution in [0.4, 0.5) is 0 Å². The van der Waals surface area contributed by atoms with E-state index < -0.39 is 0 Å². The Labute approximate surface area is 139 Å². The number of morpholine rings is 1. The Balaban J connectivity index is 1.62. The first-order valence-corrected chi connectivity index (χ1v) is 9.32. The van der Waals surface area contributed by atoms with Gasteiger partial charge in [0.25, 0.3) is 5.91 Å². The van der Waals surface area contributed by atoms with E-state index in [0.717, 1.165) is 32.3 Å². The lowest BCUT2D eigenvalue weighted by molar-refractivity contribution is -0.165. The monoisotopic (exact) mass is 325 g/mol. The maximum absolute atomic E-state index is 13.1. The van der Waals surface area contributed by atoms with Crippen molar-refractivity contribution >= 4 is 5.91 Å². The summed E-state index contributed by atoms with van der Waals surface area (Å²) in [4.78, 5) is 15.2. The Morgan fingerprint density at radius 2 is 1.96 bits per heavy atom. The van der Waals surface area contributed by atoms with Gasteiger partial charge >= 0.3 is 0 Å². The van der Waals surface area contributed by atoms with Crippen molar-refractivity contribution in [3.63, 3.8) is 0 Å². The second kappa shape index (κ2) is 7.95. The number of hydrogen-bond donors (Lipinski definition) is 0. The molecule has 0 aromatic rings. The molecule has 3 rings (SSSR count). The predicted octanol–water partition coefficient (Wildman–Crippen LogP) is 2.38. The third-order valence-corrected chi connectivity index (χ3v) is 5.35. The second-order valence-electron chi connectivity index (χ2n) is 7.43. The smallest absolute Gasteiger partial charge is 0.252 e. The fourth-order valence-electron chi connectivity index (χ4n) is 4.07. The molecule has 5 nitrogen and oxygen atoms in total. The highest BCUT2D eigenvalue weighted by Crippen LogP contribution is 2.30. The summed E-state index contributed by atoms with van der Waals surface area (Å²) < 4.78 is 17.5. The zero-order chi connectivity index (χ0) is 16.2. The Morgan fingerprint density at radius 3 is 2.70 bits per heavy atom. The number of fused-ring (bicyclic) bond motifs is 1. The van der Waals surface area contributed by atoms with E-state index in [2.05, 4.69) is 13.8 Å². The summed E-state index contributed by atoms with van der Waals surface area (Å²) in [7, 11) is 0. The van der Waals surface area contributed by atoms with Crippen molar-refractivity contribution < 1.29 is 19.0 Å². The Bertz CT molecular complexity index is 392. The average Bonchev–Trinajstić information content (AvgIpc) is 3.07. The molecule has 0 unspecified atom stereocenters. The molecular formula is C18H31NO4. The van der Waals surface area contributed by atoms with Gasteiger partial charge in [-0.1, -0.05) is 26.7 Å². The molecule has 0 N–H and O–H groups in total. The van der Waals surface area contributed by atoms with Crippen LogP contribution in [-0.4, -0.2) is 61.5 Å². The number of carbonyl (C=O) groups is 1. The summed E-state index contributed by atoms with van der Waals surface area (Å²) in [6.45, 7) is 6.85. The Kier molecular flexibility index (Phi) is 5.94. The first kappa shape index (κ1) is 17.2. The zero-order valence-electron chi connectivity index (χ0n) is 14.5. The molecule has 3 fully saturated rings. The molecule has 0 radical (unpaired) electrons. The molecule has 0 aromatic heterocycles. The van der Waals surface area contributed by atoms with Gasteiger partial charge in [0, 0.05) is 13.2 Å². The van der Waals surface area contributed by atoms with E-state index in [1.54, 1.807) is 0 Å². The van der Waals surface area contributed by atoms with Crippen LogP contribution in [0.1, 0.15) is 52.4 Å². The third-order valence-electron chi connectivity index (χ3n) is 5.35. The van der Waals surface area contributed by atoms with Crippen molar-refractivity contribution in [3.8, 4) is 0 Å². The number of hydrogen-bond acceptors (Lipinski definition) is 4. The molecular weight excluding hydrogens is 294 g/mol. The molecule has 2 saturated heterocycles. The van der Waals surface area contributed by atoms with E-state index in [-0.39, 0.29) is 36.2 Å². The molecule has 5 heteroatoms. The minimum Gasteiger partial charge on any atom is -0.376 e. The fraction of sp³-hybridized carbons (Fsp3) is 0.944. The summed E-state index contributed by atoms with van der Waals surface area (Å²) in [5.41, 5.74) is 0. The maximum Gasteiger partial charge on any atom is 0.252 e. The summed E-state index contributed by atoms with van der Waals surface area (Å²) >= 11 is 0. The first-order valence-electron chi connectivity index (χ1n) is 9.32. The van der Waals surface area contributed by atoms with Crippen molar-refractivity contribution in [1.82, 2.24) is 4.90 Å². The van der Waals surface area contributed by atoms with Gasteiger partial charge in [-0.05, 0) is 31.6 Å². The van der Waals surface area contributed by atoms with E-state index in [0.29, 0.717) is 19.8 Å². The highest BCUT2D eigenvalue weighted by molar-refractivity contribution is 5.81. The average molecular weight is 325 g/mol. The summed E-state index contributed by atoms with van der Waals surface area (Å²) in [5.74, 6) is 0.326. The van der Waals surface area contributed by atoms with Crippen LogP contribution in [0, 0.1) is 5.92 Å². The van der Waals surface area contributed by atoms with E-state index >= 15 is 0 Å². The molecule has 2 aliphatic heterocycles. The predicted molar refractivity (Wildman–Crippen MR) is 87.3 cm³/mol. The molecule has 3 aliphatic rings. The van der Waals surface area contributed by atoms with Crippen molar-refractivity contribution in [3.05, 3.63) is 0 Å². The van der Waals surface area contributed by atoms with E-state index in [4.69, 9.17) is 14.2 Å². The number of amides is 1. The minimum absolute atomic E-state index is 0.151. The molecule has 1 saturated carbocycles. The van der Waals surface area contributed by atoms with Crippen molar-refractivity contribution in [1.29, 1.82) is 0 Å². The standard InChI is InChI=1S/C18H31NO4/c1-13(2)17(23-12-14-6-5-10-21-14)18(20)19-9-11-22-16-8-4-3-7-15(16)19/h13-17H,3-12H2,1-2H3/t14-,15-,16-,17-/m0/s1. The highest BCUT2D eigenvalue weighted by atomic mass is 16.5. The third kappa shape index (κ3) is 4.06. The van der Waals surface area contributed by atoms with Crippen LogP contribution >= 0.6 is 0 Å². The lowest BCUT2D eigenvalue weighted by Gasteiger charge is -2.45. The lowest BCUT2D eigenvalue weighted by atomic mass is 9.89. The van der Waals surface area contributed by atoms with Crippen LogP contribution in [0.25, 0.3) is 0 Å². The molecule has 4 atom stereocenters. The van der Waals surface area contributed by atoms with Gasteiger partial charge in [0.2, 0.25) is 0 Å². The Hall–Kier alpha value is -0.650. The fourth-order valence-corrected chi connectivity index (χ4v) is 4.07. The number of ether oxygens (including phenoxy) is 3. The molecule has 0 aromatic carbocycles. The largest absolute Gasteiger partial charge is 0.376 e. The van der Waals surface area contributed by atoms with Crippen LogP contribution in [0.5, 0.6) is 0 Å². The first-order chi connectivity index (χ1) is 11.2. The molecule has 23 heavy (non-hydrogen) atoms. The summed E-state index contributed by atoms with van der Waals surface area (Å²) in [6.07, 6.45) is 6.72. The van der Waals surface area contributed by atoms with Gasteiger partial charge < -0.3 is 19.1 Å². The van der Waals surface area contributed by atoms with Crippen LogP contribution in [0.2, 0.25) is 0 Å². The van der Waals surface area contributed by atoms with Gasteiger partial charge in [0.1, 0.15) is 6.10 Å². The van der Waals surface area contributed by atoms with Crippen molar-refractivity contribution in [2.24, 2.45) is 5.92 Å². The SMILES string of the molecule is CC(C)[C@H](OC[C@@H]1CCCO1)C(=O)N1CCO[C@H]2CCCC[C@@H]21. The molecule has 0 bridgehead atoms. The van der Waals surface area contributed by atoms with E-state index in [1.165, 1.54) is 12.8 Å². The quantitative estimate of drug-likeness (QED) is 0.779. The van der Waals surface area contributed by atoms with Gasteiger partial charge in [0.05, 0.1) is 31.5 Å². The van der Waals surface area contributed by atoms with Gasteiger partial charge in [-0.2, -0.15) is 0 Å². The van der Waals surface area contributed by atoms with Gasteiger partial charge in [0.15, 0.2) is 0 Å². The molecule has 0 spiro atoms. The number of carbonyl (C=O) groups excluding carboxylic acids is 1. The highest BCUT2D eigenvalue weighted by Gasteiger charge is 2.40. The van der Waals surface area contributed by atoms with E-state index in [9.17, 15) is 4.79 Å². The second-order valence-corrected chi connectivity index (χ2v) is 7.43. The maximum atomic E-state index is 13.1. The normalized spacial score (nSPS) is 32.8.